The van der Waals surface area contributed by atoms with E-state index >= 15 is 0 Å². The molecule has 2 aromatic rings. The van der Waals surface area contributed by atoms with E-state index in [1.165, 1.54) is 6.33 Å². The molecule has 0 amide bonds. The van der Waals surface area contributed by atoms with Crippen molar-refractivity contribution in [1.82, 2.24) is 25.1 Å². The Hall–Kier alpha value is -2.05. The van der Waals surface area contributed by atoms with Crippen LogP contribution in [-0.2, 0) is 0 Å². The van der Waals surface area contributed by atoms with Crippen LogP contribution in [0, 0.1) is 12.7 Å². The maximum atomic E-state index is 13.4. The summed E-state index contributed by atoms with van der Waals surface area (Å²) in [6.07, 6.45) is 1.34. The van der Waals surface area contributed by atoms with Crippen LogP contribution in [0.1, 0.15) is 5.69 Å². The van der Waals surface area contributed by atoms with Crippen LogP contribution in [0.3, 0.4) is 0 Å². The Kier molecular flexibility index (Phi) is 2.28. The lowest BCUT2D eigenvalue weighted by Crippen LogP contribution is -2.04. The average molecular weight is 208 g/mol. The van der Waals surface area contributed by atoms with Crippen molar-refractivity contribution in [3.63, 3.8) is 0 Å². The Balaban J connectivity index is 2.55. The van der Waals surface area contributed by atoms with Gasteiger partial charge in [-0.1, -0.05) is 0 Å². The van der Waals surface area contributed by atoms with Crippen molar-refractivity contribution in [3.05, 3.63) is 17.8 Å². The molecule has 0 aliphatic heterocycles. The molecule has 6 nitrogen and oxygen atoms in total. The van der Waals surface area contributed by atoms with Gasteiger partial charge in [-0.15, -0.1) is 0 Å². The molecule has 0 fully saturated rings. The van der Waals surface area contributed by atoms with Crippen molar-refractivity contribution in [2.75, 3.05) is 12.4 Å². The van der Waals surface area contributed by atoms with E-state index in [1.54, 1.807) is 14.0 Å². The fraction of sp³-hybridized carbons (Fsp3) is 0.250. The number of aromatic nitrogens is 5. The van der Waals surface area contributed by atoms with E-state index in [4.69, 9.17) is 0 Å². The van der Waals surface area contributed by atoms with Crippen molar-refractivity contribution in [3.8, 4) is 11.6 Å². The van der Waals surface area contributed by atoms with E-state index in [0.29, 0.717) is 11.6 Å². The van der Waals surface area contributed by atoms with Gasteiger partial charge in [0.1, 0.15) is 6.33 Å². The van der Waals surface area contributed by atoms with Crippen molar-refractivity contribution in [2.45, 2.75) is 6.92 Å². The number of nitrogens with one attached hydrogen (secondary N) is 2. The van der Waals surface area contributed by atoms with Crippen molar-refractivity contribution in [1.29, 1.82) is 0 Å². The van der Waals surface area contributed by atoms with E-state index in [9.17, 15) is 4.39 Å². The summed E-state index contributed by atoms with van der Waals surface area (Å²) in [5, 5.41) is 8.94. The molecule has 0 spiro atoms. The first-order chi connectivity index (χ1) is 7.22. The summed E-state index contributed by atoms with van der Waals surface area (Å²) < 4.78 is 13.4. The quantitative estimate of drug-likeness (QED) is 0.761. The largest absolute Gasteiger partial charge is 0.371 e. The number of aryl methyl sites for hydroxylation is 1. The number of anilines is 1. The first kappa shape index (κ1) is 9.50. The van der Waals surface area contributed by atoms with Crippen LogP contribution in [0.5, 0.6) is 0 Å². The van der Waals surface area contributed by atoms with Gasteiger partial charge in [-0.3, -0.25) is 5.10 Å². The molecular formula is C8H9FN6. The van der Waals surface area contributed by atoms with Crippen molar-refractivity contribution < 1.29 is 4.39 Å². The molecule has 78 valence electrons. The summed E-state index contributed by atoms with van der Waals surface area (Å²) >= 11 is 0. The smallest absolute Gasteiger partial charge is 0.199 e. The van der Waals surface area contributed by atoms with Gasteiger partial charge < -0.3 is 5.32 Å². The minimum absolute atomic E-state index is 0.147. The van der Waals surface area contributed by atoms with E-state index < -0.39 is 5.82 Å². The Labute approximate surface area is 85.0 Å². The SMILES string of the molecule is CNc1nc(-c2ncn[nH]2)nc(C)c1F. The van der Waals surface area contributed by atoms with Gasteiger partial charge in [-0.25, -0.2) is 19.3 Å². The minimum Gasteiger partial charge on any atom is -0.371 e. The molecule has 7 heteroatoms. The zero-order chi connectivity index (χ0) is 10.8. The monoisotopic (exact) mass is 208 g/mol. The second-order valence-corrected chi connectivity index (χ2v) is 2.88. The molecule has 2 N–H and O–H groups in total. The van der Waals surface area contributed by atoms with Gasteiger partial charge in [0.15, 0.2) is 23.3 Å². The predicted molar refractivity (Wildman–Crippen MR) is 51.7 cm³/mol. The molecule has 0 saturated heterocycles. The highest BCUT2D eigenvalue weighted by Gasteiger charge is 2.12. The van der Waals surface area contributed by atoms with Crippen LogP contribution >= 0.6 is 0 Å². The zero-order valence-corrected chi connectivity index (χ0v) is 8.24. The van der Waals surface area contributed by atoms with Gasteiger partial charge >= 0.3 is 0 Å². The number of H-pyrrole nitrogens is 1. The molecule has 15 heavy (non-hydrogen) atoms. The van der Waals surface area contributed by atoms with Crippen molar-refractivity contribution in [2.24, 2.45) is 0 Å². The lowest BCUT2D eigenvalue weighted by atomic mass is 10.4. The van der Waals surface area contributed by atoms with E-state index in [-0.39, 0.29) is 11.5 Å². The molecule has 2 rings (SSSR count). The van der Waals surface area contributed by atoms with Gasteiger partial charge in [-0.2, -0.15) is 5.10 Å². The van der Waals surface area contributed by atoms with Crippen molar-refractivity contribution >= 4 is 5.82 Å². The maximum Gasteiger partial charge on any atom is 0.199 e. The maximum absolute atomic E-state index is 13.4. The Morgan fingerprint density at radius 3 is 2.80 bits per heavy atom. The van der Waals surface area contributed by atoms with Gasteiger partial charge in [-0.05, 0) is 6.92 Å². The van der Waals surface area contributed by atoms with E-state index in [0.717, 1.165) is 0 Å². The summed E-state index contributed by atoms with van der Waals surface area (Å²) in [6, 6.07) is 0. The molecule has 0 bridgehead atoms. The number of hydrogen-bond acceptors (Lipinski definition) is 5. The second kappa shape index (κ2) is 3.60. The standard InChI is InChI=1S/C8H9FN6/c1-4-5(9)6(10-2)14-8(13-4)7-11-3-12-15-7/h3H,1-2H3,(H,10,13,14)(H,11,12,15). The lowest BCUT2D eigenvalue weighted by Gasteiger charge is -2.04. The number of rotatable bonds is 2. The third-order valence-electron chi connectivity index (χ3n) is 1.88. The second-order valence-electron chi connectivity index (χ2n) is 2.88. The number of aromatic amines is 1. The van der Waals surface area contributed by atoms with Crippen LogP contribution in [0.15, 0.2) is 6.33 Å². The molecule has 0 aliphatic carbocycles. The summed E-state index contributed by atoms with van der Waals surface area (Å²) in [5.74, 6) is 0.417. The minimum atomic E-state index is -0.458. The summed E-state index contributed by atoms with van der Waals surface area (Å²) in [6.45, 7) is 1.57. The van der Waals surface area contributed by atoms with Crippen LogP contribution in [0.2, 0.25) is 0 Å². The summed E-state index contributed by atoms with van der Waals surface area (Å²) in [7, 11) is 1.59. The van der Waals surface area contributed by atoms with Crippen LogP contribution < -0.4 is 5.32 Å². The van der Waals surface area contributed by atoms with Gasteiger partial charge in [0.2, 0.25) is 0 Å². The normalized spacial score (nSPS) is 10.3. The summed E-state index contributed by atoms with van der Waals surface area (Å²) in [5.41, 5.74) is 0.265. The predicted octanol–water partition coefficient (Wildman–Crippen LogP) is 0.751. The molecule has 0 saturated carbocycles. The summed E-state index contributed by atoms with van der Waals surface area (Å²) in [4.78, 5) is 11.8. The van der Waals surface area contributed by atoms with Crippen LogP contribution in [-0.4, -0.2) is 32.2 Å². The average Bonchev–Trinajstić information content (AvgIpc) is 2.75. The first-order valence-corrected chi connectivity index (χ1v) is 4.30. The highest BCUT2D eigenvalue weighted by molar-refractivity contribution is 5.49. The third kappa shape index (κ3) is 1.63. The Bertz CT molecular complexity index is 466. The van der Waals surface area contributed by atoms with Gasteiger partial charge in [0.05, 0.1) is 5.69 Å². The molecule has 0 aliphatic rings. The van der Waals surface area contributed by atoms with Crippen LogP contribution in [0.4, 0.5) is 10.2 Å². The number of halogens is 1. The Morgan fingerprint density at radius 2 is 2.20 bits per heavy atom. The van der Waals surface area contributed by atoms with E-state index in [1.807, 2.05) is 0 Å². The van der Waals surface area contributed by atoms with Gasteiger partial charge in [0, 0.05) is 7.05 Å². The molecule has 0 aromatic carbocycles. The van der Waals surface area contributed by atoms with E-state index in [2.05, 4.69) is 30.5 Å². The first-order valence-electron chi connectivity index (χ1n) is 4.30. The highest BCUT2D eigenvalue weighted by atomic mass is 19.1. The Morgan fingerprint density at radius 1 is 1.40 bits per heavy atom. The molecule has 0 atom stereocenters. The molecular weight excluding hydrogens is 199 g/mol. The fourth-order valence-electron chi connectivity index (χ4n) is 1.14. The fourth-order valence-corrected chi connectivity index (χ4v) is 1.14. The number of nitrogens with zero attached hydrogens (tertiary/aromatic N) is 4. The molecule has 2 aromatic heterocycles. The third-order valence-corrected chi connectivity index (χ3v) is 1.88. The molecule has 0 radical (unpaired) electrons. The van der Waals surface area contributed by atoms with Gasteiger partial charge in [0.25, 0.3) is 0 Å². The number of hydrogen-bond donors (Lipinski definition) is 2. The zero-order valence-electron chi connectivity index (χ0n) is 8.24. The lowest BCUT2D eigenvalue weighted by molar-refractivity contribution is 0.607. The molecule has 2 heterocycles. The molecule has 0 unspecified atom stereocenters. The topological polar surface area (TPSA) is 79.4 Å². The van der Waals surface area contributed by atoms with Crippen LogP contribution in [0.25, 0.3) is 11.6 Å². The highest BCUT2D eigenvalue weighted by Crippen LogP contribution is 2.17.